The van der Waals surface area contributed by atoms with Gasteiger partial charge in [-0.1, -0.05) is 30.7 Å². The number of aryl methyl sites for hydroxylation is 1. The van der Waals surface area contributed by atoms with Gasteiger partial charge in [-0.2, -0.15) is 4.98 Å². The number of benzene rings is 1. The predicted molar refractivity (Wildman–Crippen MR) is 74.9 cm³/mol. The lowest BCUT2D eigenvalue weighted by atomic mass is 10.2. The molecule has 0 bridgehead atoms. The van der Waals surface area contributed by atoms with Crippen LogP contribution in [0.25, 0.3) is 0 Å². The van der Waals surface area contributed by atoms with Gasteiger partial charge in [0.25, 0.3) is 0 Å². The average Bonchev–Trinajstić information content (AvgIpc) is 2.36. The maximum atomic E-state index is 5.91. The number of hydrogen-bond donors (Lipinski definition) is 0. The first-order chi connectivity index (χ1) is 8.67. The van der Waals surface area contributed by atoms with E-state index in [1.54, 1.807) is 6.07 Å². The highest BCUT2D eigenvalue weighted by atomic mass is 79.9. The molecule has 0 N–H and O–H groups in total. The highest BCUT2D eigenvalue weighted by Gasteiger charge is 2.03. The molecule has 0 spiro atoms. The first kappa shape index (κ1) is 13.3. The van der Waals surface area contributed by atoms with E-state index in [4.69, 9.17) is 16.3 Å². The van der Waals surface area contributed by atoms with E-state index in [1.165, 1.54) is 0 Å². The van der Waals surface area contributed by atoms with Crippen molar-refractivity contribution in [1.29, 1.82) is 0 Å². The zero-order chi connectivity index (χ0) is 13.0. The summed E-state index contributed by atoms with van der Waals surface area (Å²) in [4.78, 5) is 8.52. The Morgan fingerprint density at radius 3 is 2.83 bits per heavy atom. The summed E-state index contributed by atoms with van der Waals surface area (Å²) in [5.74, 6) is 1.32. The fourth-order valence-electron chi connectivity index (χ4n) is 1.46. The van der Waals surface area contributed by atoms with Gasteiger partial charge in [0.2, 0.25) is 5.88 Å². The van der Waals surface area contributed by atoms with E-state index in [0.29, 0.717) is 17.5 Å². The average molecular weight is 328 g/mol. The Hall–Kier alpha value is -1.13. The molecule has 2 aromatic rings. The van der Waals surface area contributed by atoms with Crippen LogP contribution < -0.4 is 4.74 Å². The fraction of sp³-hybridized carbons (Fsp3) is 0.231. The van der Waals surface area contributed by atoms with Crippen molar-refractivity contribution in [1.82, 2.24) is 9.97 Å². The van der Waals surface area contributed by atoms with Crippen molar-refractivity contribution >= 4 is 27.5 Å². The van der Waals surface area contributed by atoms with Gasteiger partial charge in [0, 0.05) is 17.5 Å². The van der Waals surface area contributed by atoms with Crippen molar-refractivity contribution in [2.24, 2.45) is 0 Å². The molecule has 0 aliphatic carbocycles. The summed E-state index contributed by atoms with van der Waals surface area (Å²) in [7, 11) is 0. The molecule has 0 aliphatic heterocycles. The smallest absolute Gasteiger partial charge is 0.218 e. The Bertz CT molecular complexity index is 548. The minimum atomic E-state index is 0.438. The third-order valence-corrected chi connectivity index (χ3v) is 2.95. The molecule has 0 unspecified atom stereocenters. The molecule has 0 atom stereocenters. The van der Waals surface area contributed by atoms with E-state index in [1.807, 2.05) is 31.2 Å². The Balaban J connectivity index is 2.08. The van der Waals surface area contributed by atoms with Gasteiger partial charge in [-0.3, -0.25) is 0 Å². The molecular formula is C13H12BrClN2O. The molecule has 5 heteroatoms. The van der Waals surface area contributed by atoms with Crippen molar-refractivity contribution in [2.75, 3.05) is 0 Å². The minimum Gasteiger partial charge on any atom is -0.473 e. The van der Waals surface area contributed by atoms with Gasteiger partial charge in [-0.05, 0) is 33.6 Å². The van der Waals surface area contributed by atoms with Crippen molar-refractivity contribution < 1.29 is 4.74 Å². The lowest BCUT2D eigenvalue weighted by molar-refractivity contribution is 0.292. The maximum Gasteiger partial charge on any atom is 0.218 e. The van der Waals surface area contributed by atoms with Gasteiger partial charge in [0.1, 0.15) is 17.0 Å². The van der Waals surface area contributed by atoms with Crippen LogP contribution in [0, 0.1) is 0 Å². The summed E-state index contributed by atoms with van der Waals surface area (Å²) in [6.07, 6.45) is 0.771. The Morgan fingerprint density at radius 1 is 1.28 bits per heavy atom. The SMILES string of the molecule is CCc1nc(Br)cc(OCc2cccc(Cl)c2)n1. The van der Waals surface area contributed by atoms with Crippen molar-refractivity contribution in [3.05, 3.63) is 51.3 Å². The maximum absolute atomic E-state index is 5.91. The molecule has 0 amide bonds. The van der Waals surface area contributed by atoms with Crippen molar-refractivity contribution in [2.45, 2.75) is 20.0 Å². The minimum absolute atomic E-state index is 0.438. The van der Waals surface area contributed by atoms with Gasteiger partial charge < -0.3 is 4.74 Å². The molecule has 3 nitrogen and oxygen atoms in total. The molecule has 1 aromatic heterocycles. The highest BCUT2D eigenvalue weighted by molar-refractivity contribution is 9.10. The van der Waals surface area contributed by atoms with Crippen LogP contribution in [-0.2, 0) is 13.0 Å². The summed E-state index contributed by atoms with van der Waals surface area (Å²) in [5.41, 5.74) is 1.01. The summed E-state index contributed by atoms with van der Waals surface area (Å²) < 4.78 is 6.36. The second kappa shape index (κ2) is 6.16. The van der Waals surface area contributed by atoms with Crippen LogP contribution in [0.1, 0.15) is 18.3 Å². The molecular weight excluding hydrogens is 316 g/mol. The summed E-state index contributed by atoms with van der Waals surface area (Å²) in [6, 6.07) is 9.32. The van der Waals surface area contributed by atoms with Crippen LogP contribution in [-0.4, -0.2) is 9.97 Å². The van der Waals surface area contributed by atoms with E-state index in [2.05, 4.69) is 25.9 Å². The standard InChI is InChI=1S/C13H12BrClN2O/c1-2-12-16-11(14)7-13(17-12)18-8-9-4-3-5-10(15)6-9/h3-7H,2,8H2,1H3. The molecule has 1 aromatic carbocycles. The molecule has 0 radical (unpaired) electrons. The Labute approximate surface area is 119 Å². The summed E-state index contributed by atoms with van der Waals surface area (Å²) >= 11 is 9.25. The first-order valence-electron chi connectivity index (χ1n) is 5.58. The molecule has 0 aliphatic rings. The second-order valence-electron chi connectivity index (χ2n) is 3.72. The summed E-state index contributed by atoms with van der Waals surface area (Å²) in [6.45, 7) is 2.44. The van der Waals surface area contributed by atoms with Crippen LogP contribution in [0.4, 0.5) is 0 Å². The quantitative estimate of drug-likeness (QED) is 0.795. The van der Waals surface area contributed by atoms with E-state index >= 15 is 0 Å². The van der Waals surface area contributed by atoms with Crippen LogP contribution in [0.3, 0.4) is 0 Å². The molecule has 0 saturated heterocycles. The first-order valence-corrected chi connectivity index (χ1v) is 6.75. The third kappa shape index (κ3) is 3.68. The Kier molecular flexibility index (Phi) is 4.55. The van der Waals surface area contributed by atoms with Crippen molar-refractivity contribution in [3.8, 4) is 5.88 Å². The van der Waals surface area contributed by atoms with E-state index in [9.17, 15) is 0 Å². The Morgan fingerprint density at radius 2 is 2.11 bits per heavy atom. The topological polar surface area (TPSA) is 35.0 Å². The van der Waals surface area contributed by atoms with Crippen LogP contribution in [0.5, 0.6) is 5.88 Å². The number of hydrogen-bond acceptors (Lipinski definition) is 3. The van der Waals surface area contributed by atoms with Gasteiger partial charge in [0.05, 0.1) is 0 Å². The number of aromatic nitrogens is 2. The van der Waals surface area contributed by atoms with Gasteiger partial charge in [0.15, 0.2) is 0 Å². The molecule has 0 saturated carbocycles. The third-order valence-electron chi connectivity index (χ3n) is 2.31. The van der Waals surface area contributed by atoms with Gasteiger partial charge >= 0.3 is 0 Å². The van der Waals surface area contributed by atoms with Gasteiger partial charge in [-0.25, -0.2) is 4.98 Å². The largest absolute Gasteiger partial charge is 0.473 e. The zero-order valence-corrected chi connectivity index (χ0v) is 12.2. The van der Waals surface area contributed by atoms with E-state index in [-0.39, 0.29) is 0 Å². The number of ether oxygens (including phenoxy) is 1. The van der Waals surface area contributed by atoms with Crippen LogP contribution in [0.15, 0.2) is 34.9 Å². The van der Waals surface area contributed by atoms with Crippen molar-refractivity contribution in [3.63, 3.8) is 0 Å². The molecule has 1 heterocycles. The molecule has 94 valence electrons. The summed E-state index contributed by atoms with van der Waals surface area (Å²) in [5, 5.41) is 0.703. The number of nitrogens with zero attached hydrogens (tertiary/aromatic N) is 2. The number of halogens is 2. The fourth-order valence-corrected chi connectivity index (χ4v) is 2.07. The monoisotopic (exact) mass is 326 g/mol. The lowest BCUT2D eigenvalue weighted by Crippen LogP contribution is -2.01. The number of rotatable bonds is 4. The second-order valence-corrected chi connectivity index (χ2v) is 4.97. The molecule has 0 fully saturated rings. The lowest BCUT2D eigenvalue weighted by Gasteiger charge is -2.07. The zero-order valence-electron chi connectivity index (χ0n) is 9.86. The van der Waals surface area contributed by atoms with E-state index < -0.39 is 0 Å². The van der Waals surface area contributed by atoms with Gasteiger partial charge in [-0.15, -0.1) is 0 Å². The van der Waals surface area contributed by atoms with Crippen LogP contribution in [0.2, 0.25) is 5.02 Å². The molecule has 18 heavy (non-hydrogen) atoms. The predicted octanol–water partition coefficient (Wildman–Crippen LogP) is 4.03. The van der Waals surface area contributed by atoms with Crippen LogP contribution >= 0.6 is 27.5 Å². The normalized spacial score (nSPS) is 10.4. The highest BCUT2D eigenvalue weighted by Crippen LogP contribution is 2.17. The van der Waals surface area contributed by atoms with E-state index in [0.717, 1.165) is 22.4 Å². The molecule has 2 rings (SSSR count).